The standard InChI is InChI=1S/C12H21N3O/c1-8(2)10-7-11(13-4)15-12(14-10)6-9(3)16-5/h7-9H,6H2,1-5H3,(H,13,14,15). The van der Waals surface area contributed by atoms with Gasteiger partial charge in [0.2, 0.25) is 0 Å². The summed E-state index contributed by atoms with van der Waals surface area (Å²) in [6.07, 6.45) is 0.887. The molecule has 0 spiro atoms. The summed E-state index contributed by atoms with van der Waals surface area (Å²) in [4.78, 5) is 8.96. The van der Waals surface area contributed by atoms with Crippen molar-refractivity contribution in [3.05, 3.63) is 17.6 Å². The van der Waals surface area contributed by atoms with Gasteiger partial charge < -0.3 is 10.1 Å². The SMILES string of the molecule is CNc1cc(C(C)C)nc(CC(C)OC)n1. The lowest BCUT2D eigenvalue weighted by atomic mass is 10.1. The predicted molar refractivity (Wildman–Crippen MR) is 65.8 cm³/mol. The Kier molecular flexibility index (Phi) is 4.68. The highest BCUT2D eigenvalue weighted by Gasteiger charge is 2.09. The molecule has 1 heterocycles. The fourth-order valence-corrected chi connectivity index (χ4v) is 1.37. The molecule has 1 unspecified atom stereocenters. The summed E-state index contributed by atoms with van der Waals surface area (Å²) in [5.41, 5.74) is 1.07. The van der Waals surface area contributed by atoms with Crippen LogP contribution in [-0.4, -0.2) is 30.2 Å². The number of rotatable bonds is 5. The van der Waals surface area contributed by atoms with Gasteiger partial charge >= 0.3 is 0 Å². The molecule has 4 nitrogen and oxygen atoms in total. The van der Waals surface area contributed by atoms with Crippen molar-refractivity contribution in [3.63, 3.8) is 0 Å². The first kappa shape index (κ1) is 12.9. The number of hydrogen-bond acceptors (Lipinski definition) is 4. The number of anilines is 1. The molecule has 0 radical (unpaired) electrons. The van der Waals surface area contributed by atoms with Gasteiger partial charge in [-0.3, -0.25) is 0 Å². The molecule has 0 bridgehead atoms. The molecule has 0 amide bonds. The van der Waals surface area contributed by atoms with Crippen molar-refractivity contribution in [2.24, 2.45) is 0 Å². The second kappa shape index (κ2) is 5.80. The van der Waals surface area contributed by atoms with E-state index in [1.807, 2.05) is 20.0 Å². The van der Waals surface area contributed by atoms with Gasteiger partial charge in [-0.2, -0.15) is 0 Å². The van der Waals surface area contributed by atoms with Crippen LogP contribution in [0.15, 0.2) is 6.07 Å². The molecular weight excluding hydrogens is 202 g/mol. The number of hydrogen-bond donors (Lipinski definition) is 1. The molecule has 1 atom stereocenters. The summed E-state index contributed by atoms with van der Waals surface area (Å²) < 4.78 is 5.23. The quantitative estimate of drug-likeness (QED) is 0.831. The van der Waals surface area contributed by atoms with E-state index in [4.69, 9.17) is 4.74 Å². The van der Waals surface area contributed by atoms with E-state index in [1.165, 1.54) is 0 Å². The van der Waals surface area contributed by atoms with Crippen LogP contribution in [0.2, 0.25) is 0 Å². The Morgan fingerprint density at radius 3 is 2.50 bits per heavy atom. The van der Waals surface area contributed by atoms with Gasteiger partial charge in [0, 0.05) is 32.3 Å². The summed E-state index contributed by atoms with van der Waals surface area (Å²) in [6.45, 7) is 6.28. The lowest BCUT2D eigenvalue weighted by molar-refractivity contribution is 0.117. The van der Waals surface area contributed by atoms with Crippen molar-refractivity contribution in [1.29, 1.82) is 0 Å². The van der Waals surface area contributed by atoms with E-state index in [0.717, 1.165) is 23.8 Å². The maximum Gasteiger partial charge on any atom is 0.133 e. The van der Waals surface area contributed by atoms with E-state index in [2.05, 4.69) is 29.1 Å². The average Bonchev–Trinajstić information content (AvgIpc) is 2.28. The van der Waals surface area contributed by atoms with Crippen LogP contribution in [0, 0.1) is 0 Å². The second-order valence-electron chi connectivity index (χ2n) is 4.25. The first-order valence-electron chi connectivity index (χ1n) is 5.65. The van der Waals surface area contributed by atoms with E-state index in [0.29, 0.717) is 5.92 Å². The van der Waals surface area contributed by atoms with Gasteiger partial charge in [-0.25, -0.2) is 9.97 Å². The van der Waals surface area contributed by atoms with Gasteiger partial charge in [-0.15, -0.1) is 0 Å². The van der Waals surface area contributed by atoms with E-state index in [9.17, 15) is 0 Å². The third kappa shape index (κ3) is 3.45. The Morgan fingerprint density at radius 1 is 1.31 bits per heavy atom. The zero-order chi connectivity index (χ0) is 12.1. The van der Waals surface area contributed by atoms with Crippen LogP contribution in [0.5, 0.6) is 0 Å². The highest BCUT2D eigenvalue weighted by Crippen LogP contribution is 2.16. The molecule has 0 aromatic carbocycles. The second-order valence-corrected chi connectivity index (χ2v) is 4.25. The summed E-state index contributed by atoms with van der Waals surface area (Å²) >= 11 is 0. The molecular formula is C12H21N3O. The third-order valence-electron chi connectivity index (χ3n) is 2.51. The summed E-state index contributed by atoms with van der Waals surface area (Å²) in [5.74, 6) is 2.12. The van der Waals surface area contributed by atoms with Gasteiger partial charge in [-0.1, -0.05) is 13.8 Å². The van der Waals surface area contributed by atoms with Crippen LogP contribution in [0.4, 0.5) is 5.82 Å². The van der Waals surface area contributed by atoms with E-state index in [1.54, 1.807) is 7.11 Å². The van der Waals surface area contributed by atoms with Crippen LogP contribution in [0.25, 0.3) is 0 Å². The summed E-state index contributed by atoms with van der Waals surface area (Å²) in [6, 6.07) is 1.99. The van der Waals surface area contributed by atoms with Crippen molar-refractivity contribution >= 4 is 5.82 Å². The highest BCUT2D eigenvalue weighted by molar-refractivity contribution is 5.36. The van der Waals surface area contributed by atoms with E-state index < -0.39 is 0 Å². The zero-order valence-corrected chi connectivity index (χ0v) is 10.7. The molecule has 90 valence electrons. The van der Waals surface area contributed by atoms with Crippen LogP contribution >= 0.6 is 0 Å². The van der Waals surface area contributed by atoms with Crippen molar-refractivity contribution in [3.8, 4) is 0 Å². The molecule has 0 fully saturated rings. The topological polar surface area (TPSA) is 47.0 Å². The fraction of sp³-hybridized carbons (Fsp3) is 0.667. The molecule has 1 aromatic heterocycles. The molecule has 1 N–H and O–H groups in total. The summed E-state index contributed by atoms with van der Waals surface area (Å²) in [5, 5.41) is 3.06. The van der Waals surface area contributed by atoms with Crippen molar-refractivity contribution in [1.82, 2.24) is 9.97 Å². The summed E-state index contributed by atoms with van der Waals surface area (Å²) in [7, 11) is 3.58. The molecule has 1 aromatic rings. The fourth-order valence-electron chi connectivity index (χ4n) is 1.37. The minimum atomic E-state index is 0.145. The first-order valence-corrected chi connectivity index (χ1v) is 5.65. The van der Waals surface area contributed by atoms with Crippen LogP contribution < -0.4 is 5.32 Å². The number of methoxy groups -OCH3 is 1. The molecule has 0 aliphatic carbocycles. The Morgan fingerprint density at radius 2 is 2.00 bits per heavy atom. The van der Waals surface area contributed by atoms with Crippen LogP contribution in [0.1, 0.15) is 38.2 Å². The molecule has 16 heavy (non-hydrogen) atoms. The molecule has 0 aliphatic heterocycles. The Hall–Kier alpha value is -1.16. The number of nitrogens with one attached hydrogen (secondary N) is 1. The first-order chi connectivity index (χ1) is 7.56. The Bertz CT molecular complexity index is 339. The Balaban J connectivity index is 2.95. The van der Waals surface area contributed by atoms with Crippen molar-refractivity contribution in [2.45, 2.75) is 39.2 Å². The monoisotopic (exact) mass is 223 g/mol. The molecule has 4 heteroatoms. The van der Waals surface area contributed by atoms with Crippen molar-refractivity contribution in [2.75, 3.05) is 19.5 Å². The number of aromatic nitrogens is 2. The normalized spacial score (nSPS) is 12.9. The van der Waals surface area contributed by atoms with Crippen molar-refractivity contribution < 1.29 is 4.74 Å². The largest absolute Gasteiger partial charge is 0.381 e. The van der Waals surface area contributed by atoms with E-state index in [-0.39, 0.29) is 6.10 Å². The Labute approximate surface area is 97.5 Å². The van der Waals surface area contributed by atoms with Gasteiger partial charge in [0.05, 0.1) is 6.10 Å². The van der Waals surface area contributed by atoms with Crippen LogP contribution in [-0.2, 0) is 11.2 Å². The highest BCUT2D eigenvalue weighted by atomic mass is 16.5. The zero-order valence-electron chi connectivity index (χ0n) is 10.7. The van der Waals surface area contributed by atoms with Crippen LogP contribution in [0.3, 0.4) is 0 Å². The molecule has 0 saturated carbocycles. The lowest BCUT2D eigenvalue weighted by Gasteiger charge is -2.12. The average molecular weight is 223 g/mol. The maximum atomic E-state index is 5.23. The molecule has 0 saturated heterocycles. The predicted octanol–water partition coefficient (Wildman–Crippen LogP) is 2.22. The molecule has 0 aliphatic rings. The minimum absolute atomic E-state index is 0.145. The third-order valence-corrected chi connectivity index (χ3v) is 2.51. The molecule has 1 rings (SSSR count). The van der Waals surface area contributed by atoms with E-state index >= 15 is 0 Å². The maximum absolute atomic E-state index is 5.23. The van der Waals surface area contributed by atoms with Gasteiger partial charge in [0.1, 0.15) is 11.6 Å². The smallest absolute Gasteiger partial charge is 0.133 e. The van der Waals surface area contributed by atoms with Gasteiger partial charge in [-0.05, 0) is 12.8 Å². The number of nitrogens with zero attached hydrogens (tertiary/aromatic N) is 2. The van der Waals surface area contributed by atoms with Gasteiger partial charge in [0.15, 0.2) is 0 Å². The minimum Gasteiger partial charge on any atom is -0.381 e. The van der Waals surface area contributed by atoms with Gasteiger partial charge in [0.25, 0.3) is 0 Å². The lowest BCUT2D eigenvalue weighted by Crippen LogP contribution is -2.13. The number of ether oxygens (including phenoxy) is 1.